The minimum atomic E-state index is -0.684. The summed E-state index contributed by atoms with van der Waals surface area (Å²) in [6, 6.07) is 9.10. The molecule has 0 radical (unpaired) electrons. The SMILES string of the molecule is C[NH+](C)CCNC(=O)C(=O)Nc1ccc2c(c1)CCCN2C(=O)c1cccs1. The number of quaternary nitrogens is 1. The molecule has 0 saturated heterocycles. The molecule has 0 saturated carbocycles. The largest absolute Gasteiger partial charge is 0.342 e. The fourth-order valence-corrected chi connectivity index (χ4v) is 3.79. The topological polar surface area (TPSA) is 82.9 Å². The lowest BCUT2D eigenvalue weighted by atomic mass is 10.0. The van der Waals surface area contributed by atoms with Crippen LogP contribution >= 0.6 is 11.3 Å². The highest BCUT2D eigenvalue weighted by molar-refractivity contribution is 7.12. The molecule has 3 rings (SSSR count). The molecule has 7 nitrogen and oxygen atoms in total. The fraction of sp³-hybridized carbons (Fsp3) is 0.350. The van der Waals surface area contributed by atoms with Gasteiger partial charge in [-0.3, -0.25) is 14.4 Å². The van der Waals surface area contributed by atoms with Gasteiger partial charge in [-0.05, 0) is 48.1 Å². The second-order valence-electron chi connectivity index (χ2n) is 7.05. The van der Waals surface area contributed by atoms with Crippen molar-refractivity contribution in [2.24, 2.45) is 0 Å². The molecule has 3 amide bonds. The third-order valence-corrected chi connectivity index (χ3v) is 5.41. The standard InChI is InChI=1S/C20H24N4O3S/c1-23(2)11-9-21-18(25)19(26)22-15-7-8-16-14(13-15)5-3-10-24(16)20(27)17-6-4-12-28-17/h4,6-8,12-13H,3,5,9-11H2,1-2H3,(H,21,25)(H,22,26)/p+1. The maximum atomic E-state index is 12.7. The van der Waals surface area contributed by atoms with Gasteiger partial charge in [-0.1, -0.05) is 6.07 Å². The first kappa shape index (κ1) is 20.0. The molecular formula is C20H25N4O3S+. The fourth-order valence-electron chi connectivity index (χ4n) is 3.11. The number of fused-ring (bicyclic) bond motifs is 1. The van der Waals surface area contributed by atoms with Crippen LogP contribution in [0.15, 0.2) is 35.7 Å². The highest BCUT2D eigenvalue weighted by Gasteiger charge is 2.24. The number of nitrogens with one attached hydrogen (secondary N) is 3. The van der Waals surface area contributed by atoms with Crippen LogP contribution in [0.1, 0.15) is 21.7 Å². The molecule has 3 N–H and O–H groups in total. The molecule has 1 aliphatic rings. The molecular weight excluding hydrogens is 376 g/mol. The van der Waals surface area contributed by atoms with Crippen molar-refractivity contribution in [2.45, 2.75) is 12.8 Å². The Labute approximate surface area is 168 Å². The average molecular weight is 402 g/mol. The van der Waals surface area contributed by atoms with Crippen LogP contribution < -0.4 is 20.4 Å². The molecule has 2 aromatic rings. The van der Waals surface area contributed by atoms with E-state index in [0.717, 1.165) is 30.6 Å². The number of aryl methyl sites for hydroxylation is 1. The Balaban J connectivity index is 1.67. The molecule has 0 bridgehead atoms. The summed E-state index contributed by atoms with van der Waals surface area (Å²) in [6.45, 7) is 1.86. The Kier molecular flexibility index (Phi) is 6.43. The van der Waals surface area contributed by atoms with E-state index in [0.29, 0.717) is 23.7 Å². The number of carbonyl (C=O) groups is 3. The zero-order valence-corrected chi connectivity index (χ0v) is 16.9. The van der Waals surface area contributed by atoms with E-state index in [1.54, 1.807) is 11.0 Å². The van der Waals surface area contributed by atoms with Crippen molar-refractivity contribution in [2.75, 3.05) is 43.9 Å². The minimum Gasteiger partial charge on any atom is -0.342 e. The summed E-state index contributed by atoms with van der Waals surface area (Å²) in [6.07, 6.45) is 1.68. The lowest BCUT2D eigenvalue weighted by Crippen LogP contribution is -3.06. The number of likely N-dealkylation sites (N-methyl/N-ethyl adjacent to an activating group) is 1. The lowest BCUT2D eigenvalue weighted by molar-refractivity contribution is -0.856. The number of hydrogen-bond acceptors (Lipinski definition) is 4. The number of amides is 3. The third kappa shape index (κ3) is 4.76. The van der Waals surface area contributed by atoms with Crippen molar-refractivity contribution in [3.63, 3.8) is 0 Å². The van der Waals surface area contributed by atoms with Gasteiger partial charge in [-0.15, -0.1) is 11.3 Å². The van der Waals surface area contributed by atoms with Crippen LogP contribution in [0, 0.1) is 0 Å². The van der Waals surface area contributed by atoms with Crippen molar-refractivity contribution in [1.82, 2.24) is 5.32 Å². The van der Waals surface area contributed by atoms with Crippen LogP contribution in [-0.4, -0.2) is 51.5 Å². The van der Waals surface area contributed by atoms with Crippen molar-refractivity contribution in [3.8, 4) is 0 Å². The molecule has 148 valence electrons. The number of thiophene rings is 1. The van der Waals surface area contributed by atoms with Gasteiger partial charge < -0.3 is 20.4 Å². The van der Waals surface area contributed by atoms with Gasteiger partial charge in [0.25, 0.3) is 5.91 Å². The summed E-state index contributed by atoms with van der Waals surface area (Å²) in [5.74, 6) is -1.33. The van der Waals surface area contributed by atoms with Gasteiger partial charge in [-0.25, -0.2) is 0 Å². The highest BCUT2D eigenvalue weighted by Crippen LogP contribution is 2.31. The van der Waals surface area contributed by atoms with Gasteiger partial charge >= 0.3 is 11.8 Å². The first-order valence-corrected chi connectivity index (χ1v) is 10.2. The molecule has 0 spiro atoms. The number of anilines is 2. The summed E-state index contributed by atoms with van der Waals surface area (Å²) < 4.78 is 0. The summed E-state index contributed by atoms with van der Waals surface area (Å²) in [7, 11) is 3.96. The Bertz CT molecular complexity index is 864. The Morgan fingerprint density at radius 1 is 1.18 bits per heavy atom. The van der Waals surface area contributed by atoms with Crippen LogP contribution in [-0.2, 0) is 16.0 Å². The maximum Gasteiger partial charge on any atom is 0.313 e. The van der Waals surface area contributed by atoms with Crippen molar-refractivity contribution in [3.05, 3.63) is 46.2 Å². The lowest BCUT2D eigenvalue weighted by Gasteiger charge is -2.29. The monoisotopic (exact) mass is 401 g/mol. The summed E-state index contributed by atoms with van der Waals surface area (Å²) in [5.41, 5.74) is 2.41. The molecule has 1 aromatic heterocycles. The second-order valence-corrected chi connectivity index (χ2v) is 8.00. The van der Waals surface area contributed by atoms with Crippen LogP contribution in [0.4, 0.5) is 11.4 Å². The molecule has 28 heavy (non-hydrogen) atoms. The average Bonchev–Trinajstić information content (AvgIpc) is 3.21. The van der Waals surface area contributed by atoms with Crippen LogP contribution in [0.2, 0.25) is 0 Å². The number of nitrogens with zero attached hydrogens (tertiary/aromatic N) is 1. The third-order valence-electron chi connectivity index (χ3n) is 4.55. The normalized spacial score (nSPS) is 13.2. The summed E-state index contributed by atoms with van der Waals surface area (Å²) in [5, 5.41) is 7.14. The van der Waals surface area contributed by atoms with Crippen LogP contribution in [0.5, 0.6) is 0 Å². The quantitative estimate of drug-likeness (QED) is 0.640. The first-order valence-electron chi connectivity index (χ1n) is 9.32. The number of hydrogen-bond donors (Lipinski definition) is 3. The molecule has 0 unspecified atom stereocenters. The van der Waals surface area contributed by atoms with Crippen molar-refractivity contribution < 1.29 is 19.3 Å². The van der Waals surface area contributed by atoms with Gasteiger partial charge in [0.1, 0.15) is 0 Å². The molecule has 1 aliphatic heterocycles. The second kappa shape index (κ2) is 8.99. The minimum absolute atomic E-state index is 0.00450. The zero-order valence-electron chi connectivity index (χ0n) is 16.1. The van der Waals surface area contributed by atoms with Crippen molar-refractivity contribution >= 4 is 40.4 Å². The molecule has 0 atom stereocenters. The van der Waals surface area contributed by atoms with Crippen molar-refractivity contribution in [1.29, 1.82) is 0 Å². The van der Waals surface area contributed by atoms with Gasteiger partial charge in [0, 0.05) is 17.9 Å². The Morgan fingerprint density at radius 3 is 2.71 bits per heavy atom. The highest BCUT2D eigenvalue weighted by atomic mass is 32.1. The molecule has 8 heteroatoms. The van der Waals surface area contributed by atoms with E-state index >= 15 is 0 Å². The van der Waals surface area contributed by atoms with Gasteiger partial charge in [-0.2, -0.15) is 0 Å². The van der Waals surface area contributed by atoms with E-state index < -0.39 is 11.8 Å². The van der Waals surface area contributed by atoms with E-state index in [2.05, 4.69) is 10.6 Å². The number of carbonyl (C=O) groups excluding carboxylic acids is 3. The van der Waals surface area contributed by atoms with Crippen LogP contribution in [0.25, 0.3) is 0 Å². The summed E-state index contributed by atoms with van der Waals surface area (Å²) in [4.78, 5) is 40.4. The van der Waals surface area contributed by atoms with E-state index in [1.807, 2.05) is 43.7 Å². The smallest absolute Gasteiger partial charge is 0.313 e. The van der Waals surface area contributed by atoms with E-state index in [1.165, 1.54) is 16.2 Å². The number of rotatable bonds is 5. The molecule has 0 fully saturated rings. The van der Waals surface area contributed by atoms with Gasteiger partial charge in [0.05, 0.1) is 32.1 Å². The van der Waals surface area contributed by atoms with Gasteiger partial charge in [0.2, 0.25) is 0 Å². The maximum absolute atomic E-state index is 12.7. The molecule has 2 heterocycles. The first-order chi connectivity index (χ1) is 13.5. The Hall–Kier alpha value is -2.71. The zero-order chi connectivity index (χ0) is 20.1. The summed E-state index contributed by atoms with van der Waals surface area (Å²) >= 11 is 1.43. The van der Waals surface area contributed by atoms with Gasteiger partial charge in [0.15, 0.2) is 0 Å². The van der Waals surface area contributed by atoms with E-state index in [4.69, 9.17) is 0 Å². The molecule has 1 aromatic carbocycles. The predicted octanol–water partition coefficient (Wildman–Crippen LogP) is 0.540. The molecule has 0 aliphatic carbocycles. The van der Waals surface area contributed by atoms with E-state index in [-0.39, 0.29) is 5.91 Å². The Morgan fingerprint density at radius 2 is 2.00 bits per heavy atom. The van der Waals surface area contributed by atoms with E-state index in [9.17, 15) is 14.4 Å². The predicted molar refractivity (Wildman–Crippen MR) is 110 cm³/mol. The van der Waals surface area contributed by atoms with Crippen LogP contribution in [0.3, 0.4) is 0 Å². The number of benzene rings is 1.